The zero-order chi connectivity index (χ0) is 18.5. The maximum atomic E-state index is 12.3. The van der Waals surface area contributed by atoms with Crippen molar-refractivity contribution in [2.24, 2.45) is 5.10 Å². The smallest absolute Gasteiger partial charge is 0.258 e. The summed E-state index contributed by atoms with van der Waals surface area (Å²) in [4.78, 5) is 12.3. The number of rotatable bonds is 5. The normalized spacial score (nSPS) is 20.0. The zero-order valence-electron chi connectivity index (χ0n) is 14.7. The largest absolute Gasteiger partial charge is 0.507 e. The van der Waals surface area contributed by atoms with Crippen molar-refractivity contribution in [2.75, 3.05) is 7.11 Å². The van der Waals surface area contributed by atoms with Crippen LogP contribution in [0.1, 0.15) is 30.5 Å². The van der Waals surface area contributed by atoms with Crippen LogP contribution < -0.4 is 21.0 Å². The van der Waals surface area contributed by atoms with E-state index in [0.29, 0.717) is 17.7 Å². The van der Waals surface area contributed by atoms with E-state index in [9.17, 15) is 9.90 Å². The van der Waals surface area contributed by atoms with Crippen molar-refractivity contribution in [3.05, 3.63) is 59.7 Å². The molecule has 1 heterocycles. The highest BCUT2D eigenvalue weighted by molar-refractivity contribution is 6.01. The number of benzene rings is 2. The average Bonchev–Trinajstić information content (AvgIpc) is 3.16. The molecule has 7 heteroatoms. The van der Waals surface area contributed by atoms with Crippen molar-refractivity contribution in [2.45, 2.75) is 25.4 Å². The number of hydrogen-bond donors (Lipinski definition) is 4. The molecule has 0 spiro atoms. The summed E-state index contributed by atoms with van der Waals surface area (Å²) in [7, 11) is 1.63. The lowest BCUT2D eigenvalue weighted by molar-refractivity contribution is -0.122. The van der Waals surface area contributed by atoms with Gasteiger partial charge in [0.2, 0.25) is 0 Å². The quantitative estimate of drug-likeness (QED) is 0.486. The predicted octanol–water partition coefficient (Wildman–Crippen LogP) is 1.85. The fraction of sp³-hybridized carbons (Fsp3) is 0.263. The summed E-state index contributed by atoms with van der Waals surface area (Å²) in [5.41, 5.74) is 10.9. The highest BCUT2D eigenvalue weighted by atomic mass is 16.5. The topological polar surface area (TPSA) is 95.0 Å². The van der Waals surface area contributed by atoms with Crippen LogP contribution in [0.3, 0.4) is 0 Å². The third-order valence-corrected chi connectivity index (χ3v) is 4.37. The number of phenolic OH excluding ortho intramolecular Hbond substituents is 1. The van der Waals surface area contributed by atoms with Gasteiger partial charge in [0.05, 0.1) is 12.8 Å². The first-order valence-electron chi connectivity index (χ1n) is 8.36. The van der Waals surface area contributed by atoms with Gasteiger partial charge in [0.25, 0.3) is 5.91 Å². The van der Waals surface area contributed by atoms with E-state index in [0.717, 1.165) is 11.3 Å². The minimum absolute atomic E-state index is 0.0277. The van der Waals surface area contributed by atoms with Gasteiger partial charge in [-0.05, 0) is 43.2 Å². The number of carbonyl (C=O) groups excluding carboxylic acids is 1. The van der Waals surface area contributed by atoms with Crippen LogP contribution in [-0.4, -0.2) is 29.9 Å². The molecule has 3 rings (SSSR count). The Morgan fingerprint density at radius 1 is 1.19 bits per heavy atom. The first-order valence-corrected chi connectivity index (χ1v) is 8.36. The lowest BCUT2D eigenvalue weighted by Crippen LogP contribution is -2.41. The SMILES string of the molecule is COc1ccc(C2CC(C(=O)N/N=C(/C)c3ccccc3O)NN2)cc1. The van der Waals surface area contributed by atoms with E-state index < -0.39 is 6.04 Å². The number of para-hydroxylation sites is 1. The van der Waals surface area contributed by atoms with Gasteiger partial charge in [-0.2, -0.15) is 5.10 Å². The molecule has 0 radical (unpaired) electrons. The minimum atomic E-state index is -0.400. The third-order valence-electron chi connectivity index (χ3n) is 4.37. The standard InChI is InChI=1S/C19H22N4O3/c1-12(15-5-3-4-6-18(15)24)20-23-19(25)17-11-16(21-22-17)13-7-9-14(26-2)10-8-13/h3-10,16-17,21-22,24H,11H2,1-2H3,(H,23,25)/b20-12-. The molecule has 26 heavy (non-hydrogen) atoms. The Balaban J connectivity index is 1.59. The van der Waals surface area contributed by atoms with Crippen LogP contribution in [0.15, 0.2) is 53.6 Å². The number of phenols is 1. The molecule has 1 aliphatic rings. The molecule has 4 N–H and O–H groups in total. The van der Waals surface area contributed by atoms with Crippen LogP contribution >= 0.6 is 0 Å². The monoisotopic (exact) mass is 354 g/mol. The minimum Gasteiger partial charge on any atom is -0.507 e. The summed E-state index contributed by atoms with van der Waals surface area (Å²) in [6.07, 6.45) is 0.601. The Hall–Kier alpha value is -2.90. The number of nitrogens with one attached hydrogen (secondary N) is 3. The maximum absolute atomic E-state index is 12.3. The fourth-order valence-electron chi connectivity index (χ4n) is 2.84. The number of aromatic hydroxyl groups is 1. The van der Waals surface area contributed by atoms with Crippen molar-refractivity contribution < 1.29 is 14.6 Å². The fourth-order valence-corrected chi connectivity index (χ4v) is 2.84. The van der Waals surface area contributed by atoms with Crippen molar-refractivity contribution in [1.82, 2.24) is 16.3 Å². The number of hydrogen-bond acceptors (Lipinski definition) is 6. The van der Waals surface area contributed by atoms with E-state index in [1.807, 2.05) is 24.3 Å². The number of nitrogens with zero attached hydrogens (tertiary/aromatic N) is 1. The molecule has 7 nitrogen and oxygen atoms in total. The Bertz CT molecular complexity index is 805. The van der Waals surface area contributed by atoms with E-state index in [1.54, 1.807) is 38.3 Å². The van der Waals surface area contributed by atoms with E-state index in [-0.39, 0.29) is 17.7 Å². The van der Waals surface area contributed by atoms with Crippen molar-refractivity contribution in [1.29, 1.82) is 0 Å². The van der Waals surface area contributed by atoms with Crippen LogP contribution in [0.4, 0.5) is 0 Å². The van der Waals surface area contributed by atoms with Crippen LogP contribution in [-0.2, 0) is 4.79 Å². The van der Waals surface area contributed by atoms with Gasteiger partial charge in [-0.25, -0.2) is 16.3 Å². The molecule has 2 atom stereocenters. The van der Waals surface area contributed by atoms with Crippen LogP contribution in [0.5, 0.6) is 11.5 Å². The molecule has 136 valence electrons. The molecule has 0 aromatic heterocycles. The first kappa shape index (κ1) is 17.9. The van der Waals surface area contributed by atoms with E-state index in [4.69, 9.17) is 4.74 Å². The number of carbonyl (C=O) groups is 1. The first-order chi connectivity index (χ1) is 12.6. The third kappa shape index (κ3) is 4.01. The molecule has 1 saturated heterocycles. The Morgan fingerprint density at radius 2 is 1.92 bits per heavy atom. The van der Waals surface area contributed by atoms with Gasteiger partial charge in [-0.15, -0.1) is 0 Å². The van der Waals surface area contributed by atoms with Crippen molar-refractivity contribution >= 4 is 11.6 Å². The molecule has 0 saturated carbocycles. The van der Waals surface area contributed by atoms with Gasteiger partial charge in [0.15, 0.2) is 0 Å². The van der Waals surface area contributed by atoms with Gasteiger partial charge in [-0.1, -0.05) is 24.3 Å². The second kappa shape index (κ2) is 7.99. The van der Waals surface area contributed by atoms with Gasteiger partial charge < -0.3 is 9.84 Å². The number of hydrazine groups is 1. The summed E-state index contributed by atoms with van der Waals surface area (Å²) in [6.45, 7) is 1.73. The molecular formula is C19H22N4O3. The molecule has 1 aliphatic heterocycles. The molecule has 0 aliphatic carbocycles. The lowest BCUT2D eigenvalue weighted by atomic mass is 10.0. The van der Waals surface area contributed by atoms with Crippen LogP contribution in [0.25, 0.3) is 0 Å². The Labute approximate surface area is 152 Å². The predicted molar refractivity (Wildman–Crippen MR) is 98.9 cm³/mol. The number of hydrazone groups is 1. The second-order valence-electron chi connectivity index (χ2n) is 6.09. The van der Waals surface area contributed by atoms with E-state index in [2.05, 4.69) is 21.4 Å². The molecule has 2 unspecified atom stereocenters. The van der Waals surface area contributed by atoms with Crippen molar-refractivity contribution in [3.8, 4) is 11.5 Å². The number of ether oxygens (including phenoxy) is 1. The van der Waals surface area contributed by atoms with E-state index >= 15 is 0 Å². The lowest BCUT2D eigenvalue weighted by Gasteiger charge is -2.10. The summed E-state index contributed by atoms with van der Waals surface area (Å²) in [5, 5.41) is 13.9. The Kier molecular flexibility index (Phi) is 5.50. The zero-order valence-corrected chi connectivity index (χ0v) is 14.7. The molecule has 2 aromatic rings. The van der Waals surface area contributed by atoms with Gasteiger partial charge in [-0.3, -0.25) is 4.79 Å². The molecular weight excluding hydrogens is 332 g/mol. The highest BCUT2D eigenvalue weighted by Crippen LogP contribution is 2.24. The van der Waals surface area contributed by atoms with E-state index in [1.165, 1.54) is 0 Å². The number of amides is 1. The molecule has 0 bridgehead atoms. The van der Waals surface area contributed by atoms with Gasteiger partial charge >= 0.3 is 0 Å². The summed E-state index contributed by atoms with van der Waals surface area (Å²) in [5.74, 6) is 0.689. The average molecular weight is 354 g/mol. The van der Waals surface area contributed by atoms with Crippen LogP contribution in [0.2, 0.25) is 0 Å². The summed E-state index contributed by atoms with van der Waals surface area (Å²) >= 11 is 0. The number of methoxy groups -OCH3 is 1. The maximum Gasteiger partial charge on any atom is 0.258 e. The molecule has 1 amide bonds. The van der Waals surface area contributed by atoms with Crippen molar-refractivity contribution in [3.63, 3.8) is 0 Å². The van der Waals surface area contributed by atoms with Crippen LogP contribution in [0, 0.1) is 0 Å². The summed E-state index contributed by atoms with van der Waals surface area (Å²) < 4.78 is 5.16. The molecule has 2 aromatic carbocycles. The summed E-state index contributed by atoms with van der Waals surface area (Å²) in [6, 6.07) is 14.2. The molecule has 1 fully saturated rings. The van der Waals surface area contributed by atoms with Gasteiger partial charge in [0, 0.05) is 11.6 Å². The second-order valence-corrected chi connectivity index (χ2v) is 6.09. The van der Waals surface area contributed by atoms with Gasteiger partial charge in [0.1, 0.15) is 17.5 Å². The highest BCUT2D eigenvalue weighted by Gasteiger charge is 2.30. The Morgan fingerprint density at radius 3 is 2.62 bits per heavy atom.